The number of nitrogens with one attached hydrogen (secondary N) is 1. The predicted octanol–water partition coefficient (Wildman–Crippen LogP) is 6.66. The zero-order valence-corrected chi connectivity index (χ0v) is 23.2. The van der Waals surface area contributed by atoms with E-state index in [2.05, 4.69) is 94.0 Å². The molecule has 2 fully saturated rings. The van der Waals surface area contributed by atoms with Crippen LogP contribution in [-0.4, -0.2) is 25.9 Å². The van der Waals surface area contributed by atoms with Crippen LogP contribution in [0.15, 0.2) is 101 Å². The first-order valence-electron chi connectivity index (χ1n) is 13.5. The van der Waals surface area contributed by atoms with E-state index in [0.29, 0.717) is 25.2 Å². The minimum Gasteiger partial charge on any atom is -0.373 e. The Kier molecular flexibility index (Phi) is 7.70. The van der Waals surface area contributed by atoms with Gasteiger partial charge in [0, 0.05) is 22.4 Å². The van der Waals surface area contributed by atoms with Crippen molar-refractivity contribution in [3.8, 4) is 11.8 Å². The first kappa shape index (κ1) is 26.4. The summed E-state index contributed by atoms with van der Waals surface area (Å²) in [6.07, 6.45) is 17.0. The molecule has 2 aliphatic carbocycles. The van der Waals surface area contributed by atoms with E-state index in [9.17, 15) is 0 Å². The molecule has 0 spiro atoms. The van der Waals surface area contributed by atoms with E-state index >= 15 is 4.39 Å². The molecular weight excluding hydrogens is 557 g/mol. The molecule has 2 saturated heterocycles. The molecule has 4 aliphatic rings. The Morgan fingerprint density at radius 2 is 2.03 bits per heavy atom. The van der Waals surface area contributed by atoms with Gasteiger partial charge >= 0.3 is 0 Å². The van der Waals surface area contributed by atoms with E-state index in [0.717, 1.165) is 22.9 Å². The summed E-state index contributed by atoms with van der Waals surface area (Å²) in [5, 5.41) is 0. The number of benzene rings is 2. The first-order chi connectivity index (χ1) is 19.1. The summed E-state index contributed by atoms with van der Waals surface area (Å²) >= 11 is 3.50. The molecule has 2 aliphatic heterocycles. The lowest BCUT2D eigenvalue weighted by atomic mass is 9.72. The van der Waals surface area contributed by atoms with Gasteiger partial charge in [-0.05, 0) is 42.2 Å². The monoisotopic (exact) mass is 587 g/mol. The van der Waals surface area contributed by atoms with Crippen LogP contribution >= 0.6 is 15.9 Å². The molecule has 2 heterocycles. The maximum Gasteiger partial charge on any atom is 0.132 e. The second kappa shape index (κ2) is 11.4. The van der Waals surface area contributed by atoms with Crippen LogP contribution in [-0.2, 0) is 25.5 Å². The van der Waals surface area contributed by atoms with Crippen LogP contribution in [0.25, 0.3) is 0 Å². The third kappa shape index (κ3) is 4.88. The van der Waals surface area contributed by atoms with Crippen LogP contribution in [0.2, 0.25) is 0 Å². The van der Waals surface area contributed by atoms with Crippen LogP contribution in [0.5, 0.6) is 0 Å². The van der Waals surface area contributed by atoms with Gasteiger partial charge in [0.05, 0.1) is 31.8 Å². The summed E-state index contributed by atoms with van der Waals surface area (Å²) in [4.78, 5) is 5.74. The molecule has 2 aromatic rings. The molecule has 2 unspecified atom stereocenters. The average Bonchev–Trinajstić information content (AvgIpc) is 3.53. The molecule has 39 heavy (non-hydrogen) atoms. The Balaban J connectivity index is 1.38. The van der Waals surface area contributed by atoms with Crippen LogP contribution < -0.4 is 5.48 Å². The van der Waals surface area contributed by atoms with E-state index in [1.807, 2.05) is 18.2 Å². The summed E-state index contributed by atoms with van der Waals surface area (Å²) in [6.45, 7) is 0.999. The highest BCUT2D eigenvalue weighted by Crippen LogP contribution is 2.48. The van der Waals surface area contributed by atoms with Crippen LogP contribution in [0.3, 0.4) is 0 Å². The fourth-order valence-electron chi connectivity index (χ4n) is 6.21. The topological polar surface area (TPSA) is 39.7 Å². The Bertz CT molecular complexity index is 1390. The molecule has 2 aromatic carbocycles. The van der Waals surface area contributed by atoms with Crippen molar-refractivity contribution in [1.82, 2.24) is 5.48 Å². The van der Waals surface area contributed by atoms with Gasteiger partial charge in [-0.15, -0.1) is 0 Å². The summed E-state index contributed by atoms with van der Waals surface area (Å²) in [5.74, 6) is 6.24. The normalized spacial score (nSPS) is 30.7. The number of ether oxygens (including phenoxy) is 2. The lowest BCUT2D eigenvalue weighted by molar-refractivity contribution is -0.0946. The number of rotatable bonds is 7. The number of hydrogen-bond donors (Lipinski definition) is 1. The van der Waals surface area contributed by atoms with Crippen molar-refractivity contribution < 1.29 is 18.7 Å². The summed E-state index contributed by atoms with van der Waals surface area (Å²) < 4.78 is 29.4. The van der Waals surface area contributed by atoms with Gasteiger partial charge in [0.15, 0.2) is 0 Å². The predicted molar refractivity (Wildman–Crippen MR) is 153 cm³/mol. The average molecular weight is 589 g/mol. The molecule has 1 N–H and O–H groups in total. The zero-order valence-electron chi connectivity index (χ0n) is 21.6. The largest absolute Gasteiger partial charge is 0.373 e. The van der Waals surface area contributed by atoms with Crippen LogP contribution in [0.4, 0.5) is 4.39 Å². The smallest absolute Gasteiger partial charge is 0.132 e. The molecule has 6 rings (SSSR count). The Morgan fingerprint density at radius 3 is 2.87 bits per heavy atom. The number of hydroxylamine groups is 1. The molecule has 6 heteroatoms. The van der Waals surface area contributed by atoms with Crippen LogP contribution in [0.1, 0.15) is 30.4 Å². The molecule has 4 nitrogen and oxygen atoms in total. The molecular formula is C33H31BrFNO3. The van der Waals surface area contributed by atoms with Crippen molar-refractivity contribution in [2.24, 2.45) is 11.8 Å². The van der Waals surface area contributed by atoms with E-state index in [4.69, 9.17) is 14.3 Å². The standard InChI is InChI=1S/C33H31BrFNO3/c34-27-18-19-30(35)28(20-27)32-23-37-31(29(32)21-39-36-32)22-38-33(25-14-8-4-9-15-25,26-16-10-5-11-17-26)24-12-6-2-1-3-7-13-24/h1-2,4-6,8-10,12,14-16,18-20,24,29,31,36H,3,11,17,21-23H2/b2-1-,12-6-/t24?,29-,31-,32-,33?/m1/s1. The molecule has 200 valence electrons. The van der Waals surface area contributed by atoms with Gasteiger partial charge in [-0.3, -0.25) is 0 Å². The maximum atomic E-state index is 15.1. The van der Waals surface area contributed by atoms with Gasteiger partial charge in [-0.25, -0.2) is 4.39 Å². The number of hydrogen-bond acceptors (Lipinski definition) is 4. The Hall–Kier alpha value is -2.79. The molecule has 0 amide bonds. The van der Waals surface area contributed by atoms with Gasteiger partial charge in [0.1, 0.15) is 17.0 Å². The number of allylic oxidation sites excluding steroid dienone is 6. The summed E-state index contributed by atoms with van der Waals surface area (Å²) in [7, 11) is 0. The minimum absolute atomic E-state index is 0.128. The van der Waals surface area contributed by atoms with Crippen molar-refractivity contribution in [1.29, 1.82) is 0 Å². The van der Waals surface area contributed by atoms with Gasteiger partial charge in [-0.1, -0.05) is 101 Å². The van der Waals surface area contributed by atoms with Crippen molar-refractivity contribution in [3.63, 3.8) is 0 Å². The Labute approximate surface area is 237 Å². The van der Waals surface area contributed by atoms with Crippen molar-refractivity contribution in [2.75, 3.05) is 19.8 Å². The molecule has 0 saturated carbocycles. The summed E-state index contributed by atoms with van der Waals surface area (Å²) in [5.41, 5.74) is 4.31. The van der Waals surface area contributed by atoms with Crippen LogP contribution in [0, 0.1) is 29.5 Å². The third-order valence-corrected chi connectivity index (χ3v) is 8.66. The Morgan fingerprint density at radius 1 is 1.13 bits per heavy atom. The number of halogens is 2. The second-order valence-electron chi connectivity index (χ2n) is 10.4. The van der Waals surface area contributed by atoms with Gasteiger partial charge < -0.3 is 14.3 Å². The maximum absolute atomic E-state index is 15.1. The van der Waals surface area contributed by atoms with E-state index in [1.54, 1.807) is 6.07 Å². The second-order valence-corrected chi connectivity index (χ2v) is 11.3. The van der Waals surface area contributed by atoms with E-state index < -0.39 is 11.1 Å². The molecule has 0 bridgehead atoms. The fraction of sp³-hybridized carbons (Fsp3) is 0.333. The number of fused-ring (bicyclic) bond motifs is 1. The lowest BCUT2D eigenvalue weighted by Crippen LogP contribution is -2.45. The summed E-state index contributed by atoms with van der Waals surface area (Å²) in [6, 6.07) is 15.4. The van der Waals surface area contributed by atoms with E-state index in [1.165, 1.54) is 11.6 Å². The highest BCUT2D eigenvalue weighted by Gasteiger charge is 2.57. The van der Waals surface area contributed by atoms with E-state index in [-0.39, 0.29) is 30.4 Å². The highest BCUT2D eigenvalue weighted by atomic mass is 79.9. The third-order valence-electron chi connectivity index (χ3n) is 8.17. The first-order valence-corrected chi connectivity index (χ1v) is 14.3. The zero-order chi connectivity index (χ0) is 26.7. The molecule has 0 radical (unpaired) electrons. The molecule has 0 aromatic heterocycles. The fourth-order valence-corrected chi connectivity index (χ4v) is 6.57. The lowest BCUT2D eigenvalue weighted by Gasteiger charge is -2.42. The minimum atomic E-state index is -0.802. The van der Waals surface area contributed by atoms with Crippen molar-refractivity contribution >= 4 is 15.9 Å². The van der Waals surface area contributed by atoms with Crippen molar-refractivity contribution in [3.05, 3.63) is 118 Å². The molecule has 5 atom stereocenters. The van der Waals surface area contributed by atoms with Gasteiger partial charge in [-0.2, -0.15) is 5.48 Å². The van der Waals surface area contributed by atoms with Gasteiger partial charge in [0.2, 0.25) is 0 Å². The quantitative estimate of drug-likeness (QED) is 0.368. The SMILES string of the molecule is Fc1ccc(Br)cc1[C@]12CO[C@H](COC(C3=CC=CCC3)(c3ccccc3)C3C#CC/C=C\C=C/3)[C@H]1CON2. The van der Waals surface area contributed by atoms with Crippen molar-refractivity contribution in [2.45, 2.75) is 36.5 Å². The van der Waals surface area contributed by atoms with Gasteiger partial charge in [0.25, 0.3) is 0 Å². The highest BCUT2D eigenvalue weighted by molar-refractivity contribution is 9.10.